The number of hydrogen-bond donors (Lipinski definition) is 1. The van der Waals surface area contributed by atoms with Crippen LogP contribution >= 0.6 is 11.6 Å². The number of pyridine rings is 1. The first-order chi connectivity index (χ1) is 14.2. The Morgan fingerprint density at radius 1 is 1.03 bits per heavy atom. The Balaban J connectivity index is 2.12. The predicted molar refractivity (Wildman–Crippen MR) is 100 cm³/mol. The molecule has 0 aliphatic heterocycles. The fourth-order valence-electron chi connectivity index (χ4n) is 2.86. The molecule has 150 valence electrons. The second kappa shape index (κ2) is 6.93. The maximum absolute atomic E-state index is 13.4. The minimum Gasteiger partial charge on any atom is -0.393 e. The van der Waals surface area contributed by atoms with Gasteiger partial charge in [0.2, 0.25) is 11.6 Å². The minimum absolute atomic E-state index is 0.0109. The van der Waals surface area contributed by atoms with Crippen LogP contribution in [0.25, 0.3) is 32.9 Å². The van der Waals surface area contributed by atoms with E-state index in [1.54, 1.807) is 0 Å². The van der Waals surface area contributed by atoms with Gasteiger partial charge in [0.05, 0.1) is 11.3 Å². The van der Waals surface area contributed by atoms with Crippen molar-refractivity contribution >= 4 is 29.1 Å². The SMILES string of the molecule is [C-]#[N+]c1nc2c(-c3cc(Cl)nc(C(F)(F)F)c3)c(-c3ccc(F)cc3)nc(N)n2n1. The number of rotatable bonds is 2. The summed E-state index contributed by atoms with van der Waals surface area (Å²) in [6, 6.07) is 7.07. The Kier molecular flexibility index (Phi) is 4.51. The van der Waals surface area contributed by atoms with Crippen LogP contribution in [-0.4, -0.2) is 24.6 Å². The van der Waals surface area contributed by atoms with E-state index in [1.165, 1.54) is 18.2 Å². The molecule has 0 saturated heterocycles. The first kappa shape index (κ1) is 19.5. The van der Waals surface area contributed by atoms with Crippen LogP contribution in [0.2, 0.25) is 5.15 Å². The number of anilines is 1. The number of nitrogen functional groups attached to an aromatic ring is 1. The van der Waals surface area contributed by atoms with Crippen molar-refractivity contribution < 1.29 is 17.6 Å². The highest BCUT2D eigenvalue weighted by Gasteiger charge is 2.34. The molecule has 4 aromatic rings. The molecule has 0 bridgehead atoms. The standard InChI is InChI=1S/C18H8ClF4N7/c1-25-17-28-15-13(9-6-11(18(21,22)23)26-12(19)7-9)14(27-16(24)30(15)29-17)8-2-4-10(20)5-3-8/h2-7H,(H2,24,27). The summed E-state index contributed by atoms with van der Waals surface area (Å²) in [5.41, 5.74) is 5.20. The molecule has 0 aliphatic rings. The van der Waals surface area contributed by atoms with E-state index in [-0.39, 0.29) is 34.4 Å². The molecular formula is C18H8ClF4N7. The van der Waals surface area contributed by atoms with Gasteiger partial charge in [-0.3, -0.25) is 0 Å². The summed E-state index contributed by atoms with van der Waals surface area (Å²) in [4.78, 5) is 14.7. The van der Waals surface area contributed by atoms with Crippen molar-refractivity contribution in [3.05, 3.63) is 64.5 Å². The summed E-state index contributed by atoms with van der Waals surface area (Å²) in [5, 5.41) is 3.48. The van der Waals surface area contributed by atoms with Crippen LogP contribution in [0.3, 0.4) is 0 Å². The number of fused-ring (bicyclic) bond motifs is 1. The van der Waals surface area contributed by atoms with Gasteiger partial charge >= 0.3 is 12.1 Å². The molecule has 3 heterocycles. The highest BCUT2D eigenvalue weighted by molar-refractivity contribution is 6.29. The molecule has 0 radical (unpaired) electrons. The van der Waals surface area contributed by atoms with Crippen molar-refractivity contribution in [3.8, 4) is 22.4 Å². The van der Waals surface area contributed by atoms with Crippen LogP contribution in [0.5, 0.6) is 0 Å². The van der Waals surface area contributed by atoms with Gasteiger partial charge in [0.25, 0.3) is 0 Å². The lowest BCUT2D eigenvalue weighted by molar-refractivity contribution is -0.141. The quantitative estimate of drug-likeness (QED) is 0.279. The van der Waals surface area contributed by atoms with Gasteiger partial charge in [-0.2, -0.15) is 13.2 Å². The highest BCUT2D eigenvalue weighted by atomic mass is 35.5. The average molecular weight is 434 g/mol. The third kappa shape index (κ3) is 3.37. The molecule has 12 heteroatoms. The van der Waals surface area contributed by atoms with Crippen LogP contribution in [-0.2, 0) is 6.18 Å². The van der Waals surface area contributed by atoms with Crippen molar-refractivity contribution in [2.24, 2.45) is 0 Å². The zero-order valence-electron chi connectivity index (χ0n) is 14.6. The van der Waals surface area contributed by atoms with Crippen LogP contribution in [0.15, 0.2) is 36.4 Å². The topological polar surface area (TPSA) is 86.3 Å². The molecule has 4 rings (SSSR count). The van der Waals surface area contributed by atoms with Gasteiger partial charge in [0.1, 0.15) is 16.7 Å². The molecule has 30 heavy (non-hydrogen) atoms. The molecule has 0 atom stereocenters. The van der Waals surface area contributed by atoms with E-state index in [0.29, 0.717) is 5.56 Å². The van der Waals surface area contributed by atoms with Crippen LogP contribution in [0.4, 0.5) is 29.5 Å². The lowest BCUT2D eigenvalue weighted by atomic mass is 10.00. The Morgan fingerprint density at radius 3 is 2.37 bits per heavy atom. The van der Waals surface area contributed by atoms with Gasteiger partial charge in [0.15, 0.2) is 0 Å². The molecule has 0 unspecified atom stereocenters. The maximum Gasteiger partial charge on any atom is 0.433 e. The molecular weight excluding hydrogens is 426 g/mol. The molecule has 1 aromatic carbocycles. The summed E-state index contributed by atoms with van der Waals surface area (Å²) in [5.74, 6) is -0.956. The molecule has 0 spiro atoms. The number of nitrogens with two attached hydrogens (primary N) is 1. The van der Waals surface area contributed by atoms with Crippen LogP contribution in [0.1, 0.15) is 5.69 Å². The zero-order chi connectivity index (χ0) is 21.6. The monoisotopic (exact) mass is 433 g/mol. The molecule has 3 aromatic heterocycles. The number of benzene rings is 1. The van der Waals surface area contributed by atoms with Gasteiger partial charge in [-0.1, -0.05) is 11.6 Å². The normalized spacial score (nSPS) is 11.6. The largest absolute Gasteiger partial charge is 0.433 e. The fraction of sp³-hybridized carbons (Fsp3) is 0.0556. The lowest BCUT2D eigenvalue weighted by Crippen LogP contribution is -2.09. The van der Waals surface area contributed by atoms with Crippen molar-refractivity contribution in [2.45, 2.75) is 6.18 Å². The Labute approximate surface area is 170 Å². The second-order valence-electron chi connectivity index (χ2n) is 6.02. The Bertz CT molecular complexity index is 1320. The lowest BCUT2D eigenvalue weighted by Gasteiger charge is -2.13. The summed E-state index contributed by atoms with van der Waals surface area (Å²) in [7, 11) is 0. The fourth-order valence-corrected chi connectivity index (χ4v) is 3.07. The first-order valence-electron chi connectivity index (χ1n) is 8.12. The number of halogens is 5. The number of hydrogen-bond acceptors (Lipinski definition) is 5. The van der Waals surface area contributed by atoms with E-state index < -0.39 is 22.8 Å². The van der Waals surface area contributed by atoms with Gasteiger partial charge in [0, 0.05) is 5.56 Å². The van der Waals surface area contributed by atoms with Crippen LogP contribution < -0.4 is 5.73 Å². The zero-order valence-corrected chi connectivity index (χ0v) is 15.4. The van der Waals surface area contributed by atoms with E-state index in [1.807, 2.05) is 0 Å². The third-order valence-corrected chi connectivity index (χ3v) is 4.28. The van der Waals surface area contributed by atoms with E-state index >= 15 is 0 Å². The van der Waals surface area contributed by atoms with Gasteiger partial charge in [-0.05, 0) is 47.1 Å². The van der Waals surface area contributed by atoms with E-state index in [4.69, 9.17) is 23.9 Å². The summed E-state index contributed by atoms with van der Waals surface area (Å²) >= 11 is 5.84. The number of alkyl halides is 3. The molecule has 2 N–H and O–H groups in total. The van der Waals surface area contributed by atoms with Gasteiger partial charge < -0.3 is 10.6 Å². The second-order valence-corrected chi connectivity index (χ2v) is 6.41. The predicted octanol–water partition coefficient (Wildman–Crippen LogP) is 4.80. The van der Waals surface area contributed by atoms with E-state index in [2.05, 4.69) is 24.9 Å². The molecule has 0 amide bonds. The molecule has 0 fully saturated rings. The molecule has 0 saturated carbocycles. The number of aromatic nitrogens is 5. The van der Waals surface area contributed by atoms with Crippen molar-refractivity contribution in [1.29, 1.82) is 0 Å². The smallest absolute Gasteiger partial charge is 0.393 e. The minimum atomic E-state index is -4.76. The molecule has 7 nitrogen and oxygen atoms in total. The number of nitrogens with zero attached hydrogens (tertiary/aromatic N) is 6. The maximum atomic E-state index is 13.4. The highest BCUT2D eigenvalue weighted by Crippen LogP contribution is 2.38. The third-order valence-electron chi connectivity index (χ3n) is 4.09. The van der Waals surface area contributed by atoms with Gasteiger partial charge in [-0.15, -0.1) is 16.1 Å². The van der Waals surface area contributed by atoms with Gasteiger partial charge in [-0.25, -0.2) is 14.4 Å². The average Bonchev–Trinajstić information content (AvgIpc) is 3.12. The molecule has 0 aliphatic carbocycles. The van der Waals surface area contributed by atoms with E-state index in [9.17, 15) is 17.6 Å². The Hall–Kier alpha value is -3.78. The summed E-state index contributed by atoms with van der Waals surface area (Å²) in [6.45, 7) is 7.12. The van der Waals surface area contributed by atoms with Crippen molar-refractivity contribution in [2.75, 3.05) is 5.73 Å². The summed E-state index contributed by atoms with van der Waals surface area (Å²) < 4.78 is 54.3. The first-order valence-corrected chi connectivity index (χ1v) is 8.50. The van der Waals surface area contributed by atoms with Crippen molar-refractivity contribution in [1.82, 2.24) is 24.6 Å². The van der Waals surface area contributed by atoms with Crippen molar-refractivity contribution in [3.63, 3.8) is 0 Å². The van der Waals surface area contributed by atoms with E-state index in [0.717, 1.165) is 22.7 Å². The summed E-state index contributed by atoms with van der Waals surface area (Å²) in [6.07, 6.45) is -4.76. The van der Waals surface area contributed by atoms with Crippen LogP contribution in [0, 0.1) is 12.4 Å². The Morgan fingerprint density at radius 2 is 1.73 bits per heavy atom.